The van der Waals surface area contributed by atoms with Crippen LogP contribution in [0.5, 0.6) is 0 Å². The molecule has 1 saturated heterocycles. The first kappa shape index (κ1) is 15.5. The molecule has 0 aromatic carbocycles. The molecular formula is C19H30O2S. The summed E-state index contributed by atoms with van der Waals surface area (Å²) >= 11 is 2.13. The summed E-state index contributed by atoms with van der Waals surface area (Å²) < 4.78 is 0. The van der Waals surface area contributed by atoms with E-state index in [0.29, 0.717) is 22.5 Å². The third kappa shape index (κ3) is 1.94. The van der Waals surface area contributed by atoms with E-state index in [1.165, 1.54) is 24.2 Å². The van der Waals surface area contributed by atoms with Crippen LogP contribution >= 0.6 is 11.8 Å². The molecule has 22 heavy (non-hydrogen) atoms. The maximum absolute atomic E-state index is 11.0. The largest absolute Gasteiger partial charge is 0.392 e. The summed E-state index contributed by atoms with van der Waals surface area (Å²) in [5.41, 5.74) is 1.95. The fraction of sp³-hybridized carbons (Fsp3) is 0.895. The molecule has 2 saturated carbocycles. The van der Waals surface area contributed by atoms with Gasteiger partial charge in [0.1, 0.15) is 0 Å². The molecule has 1 aliphatic heterocycles. The number of thioether (sulfide) groups is 1. The average molecular weight is 323 g/mol. The standard InChI is InChI=1S/C19H30O2S/c1-11-4-5-14-16-15(21)9-12-8-13(20)6-7-18(12,2)17(16)22-10-19(11,14)3/h8,11,13-17,20-21H,4-7,9-10H2,1-3H3/t11-,13-,14?,15-,16?,17?,18-,19+/m0/s1. The Bertz CT molecular complexity index is 504. The van der Waals surface area contributed by atoms with E-state index in [1.807, 2.05) is 0 Å². The zero-order valence-corrected chi connectivity index (χ0v) is 14.9. The summed E-state index contributed by atoms with van der Waals surface area (Å²) in [5.74, 6) is 3.18. The van der Waals surface area contributed by atoms with Crippen molar-refractivity contribution in [2.24, 2.45) is 28.6 Å². The molecule has 1 heterocycles. The van der Waals surface area contributed by atoms with Crippen molar-refractivity contribution in [1.82, 2.24) is 0 Å². The Hall–Kier alpha value is 0.01000. The molecule has 4 aliphatic rings. The summed E-state index contributed by atoms with van der Waals surface area (Å²) in [7, 11) is 0. The molecule has 3 heteroatoms. The van der Waals surface area contributed by atoms with Crippen LogP contribution in [-0.4, -0.2) is 33.4 Å². The third-order valence-electron chi connectivity index (χ3n) is 7.86. The molecule has 3 fully saturated rings. The summed E-state index contributed by atoms with van der Waals surface area (Å²) in [4.78, 5) is 0. The zero-order valence-electron chi connectivity index (χ0n) is 14.1. The van der Waals surface area contributed by atoms with E-state index in [2.05, 4.69) is 38.6 Å². The zero-order chi connectivity index (χ0) is 15.7. The second-order valence-electron chi connectivity index (χ2n) is 8.89. The quantitative estimate of drug-likeness (QED) is 0.669. The molecule has 2 nitrogen and oxygen atoms in total. The molecule has 0 bridgehead atoms. The third-order valence-corrected chi connectivity index (χ3v) is 9.84. The van der Waals surface area contributed by atoms with Gasteiger partial charge in [-0.1, -0.05) is 32.4 Å². The van der Waals surface area contributed by atoms with E-state index in [-0.39, 0.29) is 17.6 Å². The lowest BCUT2D eigenvalue weighted by Crippen LogP contribution is -2.57. The van der Waals surface area contributed by atoms with E-state index >= 15 is 0 Å². The predicted octanol–water partition coefficient (Wildman–Crippen LogP) is 3.62. The Kier molecular flexibility index (Phi) is 3.53. The number of aliphatic hydroxyl groups is 2. The first-order valence-electron chi connectivity index (χ1n) is 9.05. The van der Waals surface area contributed by atoms with Crippen molar-refractivity contribution in [3.8, 4) is 0 Å². The van der Waals surface area contributed by atoms with Gasteiger partial charge in [0.25, 0.3) is 0 Å². The van der Waals surface area contributed by atoms with Crippen LogP contribution in [0.3, 0.4) is 0 Å². The van der Waals surface area contributed by atoms with Crippen LogP contribution in [0.1, 0.15) is 52.9 Å². The minimum atomic E-state index is -0.294. The Morgan fingerprint density at radius 2 is 1.95 bits per heavy atom. The summed E-state index contributed by atoms with van der Waals surface area (Å²) in [5, 5.41) is 21.5. The predicted molar refractivity (Wildman–Crippen MR) is 91.8 cm³/mol. The second-order valence-corrected chi connectivity index (χ2v) is 10.0. The van der Waals surface area contributed by atoms with Crippen LogP contribution in [-0.2, 0) is 0 Å². The normalized spacial score (nSPS) is 57.6. The Morgan fingerprint density at radius 1 is 1.18 bits per heavy atom. The number of hydrogen-bond donors (Lipinski definition) is 2. The molecule has 0 aromatic rings. The first-order chi connectivity index (χ1) is 10.4. The fourth-order valence-electron chi connectivity index (χ4n) is 6.11. The van der Waals surface area contributed by atoms with Crippen LogP contribution in [0.2, 0.25) is 0 Å². The molecular weight excluding hydrogens is 292 g/mol. The van der Waals surface area contributed by atoms with Crippen molar-refractivity contribution >= 4 is 11.8 Å². The highest BCUT2D eigenvalue weighted by Crippen LogP contribution is 2.65. The van der Waals surface area contributed by atoms with Gasteiger partial charge in [0.15, 0.2) is 0 Å². The molecule has 0 aromatic heterocycles. The lowest BCUT2D eigenvalue weighted by atomic mass is 9.56. The monoisotopic (exact) mass is 322 g/mol. The van der Waals surface area contributed by atoms with Gasteiger partial charge in [-0.2, -0.15) is 11.8 Å². The minimum absolute atomic E-state index is 0.195. The van der Waals surface area contributed by atoms with E-state index < -0.39 is 0 Å². The van der Waals surface area contributed by atoms with Gasteiger partial charge in [-0.25, -0.2) is 0 Å². The van der Waals surface area contributed by atoms with Gasteiger partial charge in [-0.05, 0) is 55.1 Å². The number of fused-ring (bicyclic) bond motifs is 5. The van der Waals surface area contributed by atoms with Crippen LogP contribution in [0.25, 0.3) is 0 Å². The molecule has 2 N–H and O–H groups in total. The van der Waals surface area contributed by atoms with Crippen LogP contribution < -0.4 is 0 Å². The molecule has 3 unspecified atom stereocenters. The van der Waals surface area contributed by atoms with Gasteiger partial charge in [0, 0.05) is 16.6 Å². The second kappa shape index (κ2) is 5.00. The molecule has 3 aliphatic carbocycles. The van der Waals surface area contributed by atoms with Crippen molar-refractivity contribution in [2.75, 3.05) is 5.75 Å². The van der Waals surface area contributed by atoms with E-state index in [0.717, 1.165) is 25.2 Å². The van der Waals surface area contributed by atoms with E-state index in [9.17, 15) is 10.2 Å². The highest BCUT2D eigenvalue weighted by molar-refractivity contribution is 8.00. The average Bonchev–Trinajstić information content (AvgIpc) is 2.77. The van der Waals surface area contributed by atoms with Gasteiger partial charge in [-0.3, -0.25) is 0 Å². The number of rotatable bonds is 0. The van der Waals surface area contributed by atoms with Crippen LogP contribution in [0.4, 0.5) is 0 Å². The first-order valence-corrected chi connectivity index (χ1v) is 10.1. The van der Waals surface area contributed by atoms with Gasteiger partial charge >= 0.3 is 0 Å². The molecule has 0 spiro atoms. The van der Waals surface area contributed by atoms with E-state index in [4.69, 9.17) is 0 Å². The van der Waals surface area contributed by atoms with Gasteiger partial charge < -0.3 is 10.2 Å². The summed E-state index contributed by atoms with van der Waals surface area (Å²) in [6.45, 7) is 7.30. The SMILES string of the molecule is C[C@H]1CCC2C3C(SC[C@@]21C)[C@@]1(C)CC[C@H](O)C=C1C[C@@H]3O. The topological polar surface area (TPSA) is 40.5 Å². The number of aliphatic hydroxyl groups excluding tert-OH is 2. The van der Waals surface area contributed by atoms with Gasteiger partial charge in [0.2, 0.25) is 0 Å². The van der Waals surface area contributed by atoms with Crippen molar-refractivity contribution in [2.45, 2.75) is 70.3 Å². The molecule has 8 atom stereocenters. The highest BCUT2D eigenvalue weighted by atomic mass is 32.2. The summed E-state index contributed by atoms with van der Waals surface area (Å²) in [6, 6.07) is 0. The van der Waals surface area contributed by atoms with Crippen molar-refractivity contribution < 1.29 is 10.2 Å². The molecule has 0 radical (unpaired) electrons. The minimum Gasteiger partial charge on any atom is -0.392 e. The lowest BCUT2D eigenvalue weighted by Gasteiger charge is -2.59. The Morgan fingerprint density at radius 3 is 2.73 bits per heavy atom. The summed E-state index contributed by atoms with van der Waals surface area (Å²) in [6.07, 6.45) is 6.95. The lowest BCUT2D eigenvalue weighted by molar-refractivity contribution is -0.0229. The van der Waals surface area contributed by atoms with Crippen molar-refractivity contribution in [3.05, 3.63) is 11.6 Å². The fourth-order valence-corrected chi connectivity index (χ4v) is 8.38. The smallest absolute Gasteiger partial charge is 0.0724 e. The maximum atomic E-state index is 11.0. The van der Waals surface area contributed by atoms with Crippen molar-refractivity contribution in [3.63, 3.8) is 0 Å². The molecule has 4 rings (SSSR count). The highest BCUT2D eigenvalue weighted by Gasteiger charge is 2.60. The van der Waals surface area contributed by atoms with Gasteiger partial charge in [0.05, 0.1) is 12.2 Å². The number of hydrogen-bond acceptors (Lipinski definition) is 3. The maximum Gasteiger partial charge on any atom is 0.0724 e. The van der Waals surface area contributed by atoms with E-state index in [1.54, 1.807) is 0 Å². The van der Waals surface area contributed by atoms with Crippen molar-refractivity contribution in [1.29, 1.82) is 0 Å². The Labute approximate surface area is 138 Å². The van der Waals surface area contributed by atoms with Crippen LogP contribution in [0.15, 0.2) is 11.6 Å². The Balaban J connectivity index is 1.72. The van der Waals surface area contributed by atoms with Gasteiger partial charge in [-0.15, -0.1) is 0 Å². The molecule has 124 valence electrons. The van der Waals surface area contributed by atoms with Crippen LogP contribution in [0, 0.1) is 28.6 Å². The molecule has 0 amide bonds.